The Morgan fingerprint density at radius 2 is 1.27 bits per heavy atom. The van der Waals surface area contributed by atoms with Crippen molar-refractivity contribution in [2.45, 2.75) is 140 Å². The number of carbonyl (C=O) groups is 1. The second-order valence-corrected chi connectivity index (χ2v) is 11.1. The van der Waals surface area contributed by atoms with E-state index in [-0.39, 0.29) is 6.54 Å². The molecule has 40 heavy (non-hydrogen) atoms. The molecule has 0 spiro atoms. The van der Waals surface area contributed by atoms with Gasteiger partial charge < -0.3 is 40.0 Å². The number of aliphatic hydroxyl groups is 4. The van der Waals surface area contributed by atoms with E-state index in [4.69, 9.17) is 14.2 Å². The molecule has 10 heteroatoms. The Hall–Kier alpha value is -1.01. The summed E-state index contributed by atoms with van der Waals surface area (Å²) in [6.07, 6.45) is 13.2. The van der Waals surface area contributed by atoms with Gasteiger partial charge in [0.25, 0.3) is 0 Å². The summed E-state index contributed by atoms with van der Waals surface area (Å²) in [7, 11) is 1.59. The fraction of sp³-hybridized carbons (Fsp3) is 0.967. The van der Waals surface area contributed by atoms with Crippen molar-refractivity contribution in [3.63, 3.8) is 0 Å². The molecular weight excluding hydrogens is 516 g/mol. The van der Waals surface area contributed by atoms with Crippen molar-refractivity contribution in [1.29, 1.82) is 0 Å². The van der Waals surface area contributed by atoms with Gasteiger partial charge in [0.15, 0.2) is 6.23 Å². The number of unbranched alkanes of at least 4 members (excludes halogenated alkanes) is 15. The molecule has 1 saturated heterocycles. The number of rotatable bonds is 25. The van der Waals surface area contributed by atoms with Crippen LogP contribution >= 0.6 is 0 Å². The van der Waals surface area contributed by atoms with Gasteiger partial charge in [-0.3, -0.25) is 4.90 Å². The minimum atomic E-state index is -1.53. The second kappa shape index (κ2) is 24.6. The molecule has 0 unspecified atom stereocenters. The first-order valence-corrected chi connectivity index (χ1v) is 15.9. The third-order valence-corrected chi connectivity index (χ3v) is 7.64. The lowest BCUT2D eigenvalue weighted by molar-refractivity contribution is -0.257. The summed E-state index contributed by atoms with van der Waals surface area (Å²) in [5, 5.41) is 43.2. The van der Waals surface area contributed by atoms with Crippen molar-refractivity contribution in [3.05, 3.63) is 0 Å². The fourth-order valence-electron chi connectivity index (χ4n) is 5.09. The molecule has 5 atom stereocenters. The smallest absolute Gasteiger partial charge is 0.319 e. The molecule has 0 saturated carbocycles. The van der Waals surface area contributed by atoms with Gasteiger partial charge in [-0.05, 0) is 6.42 Å². The summed E-state index contributed by atoms with van der Waals surface area (Å²) in [6.45, 7) is 3.48. The first-order chi connectivity index (χ1) is 19.5. The summed E-state index contributed by atoms with van der Waals surface area (Å²) in [5.41, 5.74) is 0. The number of hydrogen-bond acceptors (Lipinski definition) is 8. The van der Waals surface area contributed by atoms with E-state index in [0.29, 0.717) is 32.8 Å². The molecule has 1 aliphatic rings. The standard InChI is InChI=1S/C30H60N2O8/c1-3-4-5-6-7-8-9-10-11-12-13-14-15-16-17-18-20-32(30(37)31-19-21-39-23-22-38-2)29-28(36)27(35)26(34)25(24-33)40-29/h25-29,33-36H,3-24H2,1-2H3,(H,31,37)/t25-,26-,27+,28-,29-/m1/s1. The molecule has 238 valence electrons. The van der Waals surface area contributed by atoms with E-state index in [1.165, 1.54) is 81.9 Å². The third-order valence-electron chi connectivity index (χ3n) is 7.64. The van der Waals surface area contributed by atoms with E-state index in [0.717, 1.165) is 19.3 Å². The molecule has 0 aromatic carbocycles. The van der Waals surface area contributed by atoms with E-state index in [9.17, 15) is 25.2 Å². The number of nitrogens with one attached hydrogen (secondary N) is 1. The van der Waals surface area contributed by atoms with E-state index in [1.807, 2.05) is 0 Å². The third kappa shape index (κ3) is 15.8. The molecule has 0 aromatic heterocycles. The largest absolute Gasteiger partial charge is 0.394 e. The Labute approximate surface area is 242 Å². The van der Waals surface area contributed by atoms with Crippen molar-refractivity contribution in [2.75, 3.05) is 46.6 Å². The molecule has 1 heterocycles. The summed E-state index contributed by atoms with van der Waals surface area (Å²) in [5.74, 6) is 0. The predicted molar refractivity (Wildman–Crippen MR) is 156 cm³/mol. The highest BCUT2D eigenvalue weighted by molar-refractivity contribution is 5.74. The van der Waals surface area contributed by atoms with Gasteiger partial charge in [0.05, 0.1) is 26.4 Å². The van der Waals surface area contributed by atoms with Gasteiger partial charge in [0, 0.05) is 20.2 Å². The second-order valence-electron chi connectivity index (χ2n) is 11.1. The number of aliphatic hydroxyl groups excluding tert-OH is 4. The van der Waals surface area contributed by atoms with Crippen LogP contribution in [-0.2, 0) is 14.2 Å². The Kier molecular flexibility index (Phi) is 22.7. The highest BCUT2D eigenvalue weighted by Crippen LogP contribution is 2.24. The van der Waals surface area contributed by atoms with E-state index in [2.05, 4.69) is 12.2 Å². The maximum Gasteiger partial charge on any atom is 0.319 e. The minimum Gasteiger partial charge on any atom is -0.394 e. The summed E-state index contributed by atoms with van der Waals surface area (Å²) in [6, 6.07) is -0.458. The molecule has 1 aliphatic heterocycles. The molecule has 1 rings (SSSR count). The lowest BCUT2D eigenvalue weighted by atomic mass is 9.97. The molecule has 0 bridgehead atoms. The van der Waals surface area contributed by atoms with Crippen LogP contribution in [0.5, 0.6) is 0 Å². The molecule has 0 radical (unpaired) electrons. The molecule has 0 aromatic rings. The highest BCUT2D eigenvalue weighted by atomic mass is 16.6. The number of nitrogens with zero attached hydrogens (tertiary/aromatic N) is 1. The molecule has 10 nitrogen and oxygen atoms in total. The average molecular weight is 577 g/mol. The normalized spacial score (nSPS) is 22.9. The van der Waals surface area contributed by atoms with Crippen molar-refractivity contribution < 1.29 is 39.4 Å². The van der Waals surface area contributed by atoms with Crippen LogP contribution in [0.1, 0.15) is 110 Å². The van der Waals surface area contributed by atoms with E-state index < -0.39 is 43.3 Å². The van der Waals surface area contributed by atoms with Crippen LogP contribution in [0.25, 0.3) is 0 Å². The highest BCUT2D eigenvalue weighted by Gasteiger charge is 2.46. The first kappa shape index (κ1) is 37.0. The van der Waals surface area contributed by atoms with Gasteiger partial charge in [0.2, 0.25) is 0 Å². The molecule has 0 aliphatic carbocycles. The quantitative estimate of drug-likeness (QED) is 0.104. The SMILES string of the molecule is CCCCCCCCCCCCCCCCCCN(C(=O)NCCOCCOC)[C@@H]1O[C@H](CO)[C@@H](O)[C@H](O)[C@H]1O. The molecule has 5 N–H and O–H groups in total. The zero-order valence-electron chi connectivity index (χ0n) is 25.3. The van der Waals surface area contributed by atoms with Crippen LogP contribution in [0.15, 0.2) is 0 Å². The molecule has 1 fully saturated rings. The molecular formula is C30H60N2O8. The van der Waals surface area contributed by atoms with E-state index in [1.54, 1.807) is 7.11 Å². The maximum absolute atomic E-state index is 13.0. The average Bonchev–Trinajstić information content (AvgIpc) is 2.96. The number of ether oxygens (including phenoxy) is 3. The van der Waals surface area contributed by atoms with Gasteiger partial charge in [-0.25, -0.2) is 4.79 Å². The van der Waals surface area contributed by atoms with Gasteiger partial charge in [0.1, 0.15) is 24.4 Å². The van der Waals surface area contributed by atoms with Gasteiger partial charge in [-0.2, -0.15) is 0 Å². The van der Waals surface area contributed by atoms with Crippen LogP contribution in [-0.4, -0.2) is 109 Å². The van der Waals surface area contributed by atoms with Crippen molar-refractivity contribution in [3.8, 4) is 0 Å². The van der Waals surface area contributed by atoms with E-state index >= 15 is 0 Å². The van der Waals surface area contributed by atoms with Gasteiger partial charge in [-0.15, -0.1) is 0 Å². The topological polar surface area (TPSA) is 141 Å². The van der Waals surface area contributed by atoms with Crippen molar-refractivity contribution in [2.24, 2.45) is 0 Å². The first-order valence-electron chi connectivity index (χ1n) is 15.9. The van der Waals surface area contributed by atoms with Crippen LogP contribution in [0.2, 0.25) is 0 Å². The summed E-state index contributed by atoms with van der Waals surface area (Å²) < 4.78 is 16.0. The number of amides is 2. The Morgan fingerprint density at radius 1 is 0.750 bits per heavy atom. The number of methoxy groups -OCH3 is 1. The van der Waals surface area contributed by atoms with Crippen LogP contribution in [0.4, 0.5) is 4.79 Å². The lowest BCUT2D eigenvalue weighted by Gasteiger charge is -2.44. The van der Waals surface area contributed by atoms with Crippen molar-refractivity contribution in [1.82, 2.24) is 10.2 Å². The lowest BCUT2D eigenvalue weighted by Crippen LogP contribution is -2.65. The van der Waals surface area contributed by atoms with Crippen molar-refractivity contribution >= 4 is 6.03 Å². The Balaban J connectivity index is 2.32. The minimum absolute atomic E-state index is 0.259. The predicted octanol–water partition coefficient (Wildman–Crippen LogP) is 3.72. The monoisotopic (exact) mass is 576 g/mol. The number of carbonyl (C=O) groups excluding carboxylic acids is 1. The van der Waals surface area contributed by atoms with Crippen LogP contribution < -0.4 is 5.32 Å². The Bertz CT molecular complexity index is 598. The van der Waals surface area contributed by atoms with Crippen LogP contribution in [0.3, 0.4) is 0 Å². The number of hydrogen-bond donors (Lipinski definition) is 5. The zero-order chi connectivity index (χ0) is 29.4. The zero-order valence-corrected chi connectivity index (χ0v) is 25.3. The Morgan fingerprint density at radius 3 is 1.77 bits per heavy atom. The molecule has 2 amide bonds. The van der Waals surface area contributed by atoms with Gasteiger partial charge >= 0.3 is 6.03 Å². The summed E-state index contributed by atoms with van der Waals surface area (Å²) in [4.78, 5) is 14.3. The maximum atomic E-state index is 13.0. The van der Waals surface area contributed by atoms with Crippen LogP contribution in [0, 0.1) is 0 Å². The fourth-order valence-corrected chi connectivity index (χ4v) is 5.09. The summed E-state index contributed by atoms with van der Waals surface area (Å²) >= 11 is 0. The van der Waals surface area contributed by atoms with Gasteiger partial charge in [-0.1, -0.05) is 103 Å². The number of urea groups is 1.